The number of halogens is 1. The van der Waals surface area contributed by atoms with Gasteiger partial charge in [0.1, 0.15) is 0 Å². The Morgan fingerprint density at radius 1 is 0.944 bits per heavy atom. The van der Waals surface area contributed by atoms with E-state index in [1.54, 1.807) is 30.3 Å². The number of hydrogen-bond acceptors (Lipinski definition) is 3. The molecule has 3 rings (SSSR count). The van der Waals surface area contributed by atoms with Gasteiger partial charge in [-0.15, -0.1) is 0 Å². The van der Waals surface area contributed by atoms with E-state index in [2.05, 4.69) is 15.9 Å². The molecule has 2 aromatic carbocycles. The molecule has 0 fully saturated rings. The Hall–Kier alpha value is -0.980. The minimum atomic E-state index is -3.56. The number of sulfone groups is 1. The molecule has 1 unspecified atom stereocenters. The third-order valence-electron chi connectivity index (χ3n) is 2.73. The first-order valence-electron chi connectivity index (χ1n) is 5.07. The van der Waals surface area contributed by atoms with Crippen LogP contribution >= 0.6 is 15.9 Å². The Morgan fingerprint density at radius 3 is 2.39 bits per heavy atom. The predicted molar refractivity (Wildman–Crippen MR) is 70.7 cm³/mol. The van der Waals surface area contributed by atoms with Crippen molar-refractivity contribution >= 4 is 36.6 Å². The molecular weight excluding hydrogens is 336 g/mol. The second kappa shape index (κ2) is 4.01. The molecule has 0 spiro atoms. The van der Waals surface area contributed by atoms with Crippen LogP contribution in [0.4, 0.5) is 0 Å². The summed E-state index contributed by atoms with van der Waals surface area (Å²) in [4.78, 5) is 0.951. The topological polar surface area (TPSA) is 51.2 Å². The van der Waals surface area contributed by atoms with Gasteiger partial charge in [-0.25, -0.2) is 12.6 Å². The molecule has 0 aromatic heterocycles. The summed E-state index contributed by atoms with van der Waals surface area (Å²) in [6, 6.07) is 11.1. The van der Waals surface area contributed by atoms with Crippen molar-refractivity contribution in [2.75, 3.05) is 0 Å². The highest BCUT2D eigenvalue weighted by Gasteiger charge is 2.33. The highest BCUT2D eigenvalue weighted by Crippen LogP contribution is 2.38. The molecule has 1 heterocycles. The maximum Gasteiger partial charge on any atom is 0.209 e. The first-order chi connectivity index (χ1) is 8.51. The summed E-state index contributed by atoms with van der Waals surface area (Å²) >= 11 is 3.27. The Morgan fingerprint density at radius 2 is 1.61 bits per heavy atom. The van der Waals surface area contributed by atoms with Crippen molar-refractivity contribution in [2.24, 2.45) is 0 Å². The average molecular weight is 343 g/mol. The lowest BCUT2D eigenvalue weighted by atomic mass is 10.3. The van der Waals surface area contributed by atoms with E-state index in [-0.39, 0.29) is 9.79 Å². The standard InChI is InChI=1S/C12H7BrO3S2/c13-8-5-6-12-10(7-8)17(14)9-3-1-2-4-11(9)18(12,15)16/h1-7H. The van der Waals surface area contributed by atoms with Gasteiger partial charge in [0.05, 0.1) is 30.4 Å². The van der Waals surface area contributed by atoms with Crippen LogP contribution in [0.5, 0.6) is 0 Å². The van der Waals surface area contributed by atoms with Gasteiger partial charge in [0.25, 0.3) is 0 Å². The molecule has 0 saturated heterocycles. The van der Waals surface area contributed by atoms with Crippen molar-refractivity contribution in [2.45, 2.75) is 19.6 Å². The molecule has 0 amide bonds. The molecule has 0 N–H and O–H groups in total. The zero-order valence-corrected chi connectivity index (χ0v) is 12.2. The summed E-state index contributed by atoms with van der Waals surface area (Å²) in [6.07, 6.45) is 0. The molecule has 0 aliphatic carbocycles. The number of benzene rings is 2. The maximum atomic E-state index is 12.4. The summed E-state index contributed by atoms with van der Waals surface area (Å²) in [5.74, 6) is 0. The van der Waals surface area contributed by atoms with Crippen LogP contribution in [0.2, 0.25) is 0 Å². The van der Waals surface area contributed by atoms with Gasteiger partial charge in [0.15, 0.2) is 0 Å². The van der Waals surface area contributed by atoms with Crippen molar-refractivity contribution in [1.29, 1.82) is 0 Å². The van der Waals surface area contributed by atoms with Crippen molar-refractivity contribution in [3.63, 3.8) is 0 Å². The van der Waals surface area contributed by atoms with Gasteiger partial charge in [0, 0.05) is 4.47 Å². The van der Waals surface area contributed by atoms with Crippen LogP contribution in [-0.4, -0.2) is 12.6 Å². The zero-order valence-electron chi connectivity index (χ0n) is 8.96. The predicted octanol–water partition coefficient (Wildman–Crippen LogP) is 2.76. The van der Waals surface area contributed by atoms with E-state index in [1.165, 1.54) is 12.1 Å². The van der Waals surface area contributed by atoms with E-state index in [0.29, 0.717) is 14.3 Å². The molecule has 1 aliphatic rings. The lowest BCUT2D eigenvalue weighted by molar-refractivity contribution is 0.588. The van der Waals surface area contributed by atoms with Crippen LogP contribution in [0.1, 0.15) is 0 Å². The van der Waals surface area contributed by atoms with Gasteiger partial charge in [-0.05, 0) is 30.3 Å². The summed E-state index contributed by atoms with van der Waals surface area (Å²) in [6.45, 7) is 0. The smallest absolute Gasteiger partial charge is 0.209 e. The highest BCUT2D eigenvalue weighted by molar-refractivity contribution is 9.10. The van der Waals surface area contributed by atoms with Gasteiger partial charge < -0.3 is 0 Å². The normalized spacial score (nSPS) is 19.9. The molecule has 1 atom stereocenters. The quantitative estimate of drug-likeness (QED) is 0.631. The number of fused-ring (bicyclic) bond motifs is 2. The van der Waals surface area contributed by atoms with Crippen molar-refractivity contribution in [3.05, 3.63) is 46.9 Å². The molecule has 3 nitrogen and oxygen atoms in total. The first kappa shape index (κ1) is 12.1. The fourth-order valence-electron chi connectivity index (χ4n) is 1.91. The van der Waals surface area contributed by atoms with E-state index in [9.17, 15) is 12.6 Å². The zero-order chi connectivity index (χ0) is 12.9. The van der Waals surface area contributed by atoms with Crippen LogP contribution < -0.4 is 0 Å². The fourth-order valence-corrected chi connectivity index (χ4v) is 6.11. The minimum Gasteiger partial charge on any atom is -0.249 e. The highest BCUT2D eigenvalue weighted by atomic mass is 79.9. The third kappa shape index (κ3) is 1.60. The lowest BCUT2D eigenvalue weighted by Crippen LogP contribution is -2.15. The van der Waals surface area contributed by atoms with E-state index in [0.717, 1.165) is 0 Å². The van der Waals surface area contributed by atoms with Crippen molar-refractivity contribution < 1.29 is 12.6 Å². The van der Waals surface area contributed by atoms with Crippen LogP contribution in [0.25, 0.3) is 0 Å². The largest absolute Gasteiger partial charge is 0.249 e. The van der Waals surface area contributed by atoms with E-state index < -0.39 is 20.6 Å². The van der Waals surface area contributed by atoms with E-state index >= 15 is 0 Å². The fraction of sp³-hybridized carbons (Fsp3) is 0. The molecular formula is C12H7BrO3S2. The molecule has 1 aliphatic heterocycles. The van der Waals surface area contributed by atoms with Gasteiger partial charge >= 0.3 is 0 Å². The Balaban J connectivity index is 2.45. The van der Waals surface area contributed by atoms with Crippen LogP contribution in [0.3, 0.4) is 0 Å². The van der Waals surface area contributed by atoms with Gasteiger partial charge in [-0.1, -0.05) is 28.1 Å². The SMILES string of the molecule is O=S1c2ccccc2S(=O)(=O)c2ccc(Br)cc21. The van der Waals surface area contributed by atoms with Crippen molar-refractivity contribution in [1.82, 2.24) is 0 Å². The number of rotatable bonds is 0. The van der Waals surface area contributed by atoms with Crippen molar-refractivity contribution in [3.8, 4) is 0 Å². The average Bonchev–Trinajstić information content (AvgIpc) is 2.36. The first-order valence-corrected chi connectivity index (χ1v) is 8.50. The second-order valence-electron chi connectivity index (χ2n) is 3.81. The summed E-state index contributed by atoms with van der Waals surface area (Å²) in [5.41, 5.74) is 0. The summed E-state index contributed by atoms with van der Waals surface area (Å²) in [7, 11) is -5.02. The van der Waals surface area contributed by atoms with Gasteiger partial charge in [-0.3, -0.25) is 0 Å². The third-order valence-corrected chi connectivity index (χ3v) is 6.85. The maximum absolute atomic E-state index is 12.4. The second-order valence-corrected chi connectivity index (χ2v) is 8.03. The molecule has 0 radical (unpaired) electrons. The van der Waals surface area contributed by atoms with Crippen LogP contribution in [0.15, 0.2) is 66.5 Å². The Bertz CT molecular complexity index is 782. The summed E-state index contributed by atoms with van der Waals surface area (Å²) < 4.78 is 37.9. The summed E-state index contributed by atoms with van der Waals surface area (Å²) in [5, 5.41) is 0. The van der Waals surface area contributed by atoms with Gasteiger partial charge in [0.2, 0.25) is 9.84 Å². The monoisotopic (exact) mass is 342 g/mol. The minimum absolute atomic E-state index is 0.128. The molecule has 18 heavy (non-hydrogen) atoms. The van der Waals surface area contributed by atoms with E-state index in [1.807, 2.05) is 0 Å². The Labute approximate surface area is 115 Å². The molecule has 92 valence electrons. The molecule has 6 heteroatoms. The lowest BCUT2D eigenvalue weighted by Gasteiger charge is -2.18. The number of hydrogen-bond donors (Lipinski definition) is 0. The van der Waals surface area contributed by atoms with Crippen LogP contribution in [0, 0.1) is 0 Å². The van der Waals surface area contributed by atoms with Gasteiger partial charge in [-0.2, -0.15) is 0 Å². The van der Waals surface area contributed by atoms with Crippen LogP contribution in [-0.2, 0) is 20.6 Å². The molecule has 0 saturated carbocycles. The van der Waals surface area contributed by atoms with E-state index in [4.69, 9.17) is 0 Å². The Kier molecular flexibility index (Phi) is 2.69. The molecule has 0 bridgehead atoms. The molecule has 2 aromatic rings.